The molecule has 136 valence electrons. The van der Waals surface area contributed by atoms with E-state index >= 15 is 0 Å². The average molecular weight is 363 g/mol. The maximum Gasteiger partial charge on any atom is 0.410 e. The maximum atomic E-state index is 12.4. The molecule has 0 saturated carbocycles. The molecule has 1 fully saturated rings. The highest BCUT2D eigenvalue weighted by Gasteiger charge is 2.21. The molecule has 0 aliphatic carbocycles. The number of amides is 2. The van der Waals surface area contributed by atoms with Crippen molar-refractivity contribution in [2.45, 2.75) is 6.54 Å². The standard InChI is InChI=1S/C19H17N5O3/c25-18(17-13-24(22-21-17)16-4-2-1-3-5-16)20-15-8-6-14(7-9-15)12-23-10-11-27-19(23)26/h1-9,13H,10-12H2,(H,20,25). The SMILES string of the molecule is O=C(Nc1ccc(CN2CCOC2=O)cc1)c1cn(-c2ccccc2)nn1. The third-order valence-electron chi connectivity index (χ3n) is 4.18. The number of hydrogen-bond donors (Lipinski definition) is 1. The van der Waals surface area contributed by atoms with Crippen molar-refractivity contribution in [1.82, 2.24) is 19.9 Å². The van der Waals surface area contributed by atoms with E-state index in [1.54, 1.807) is 27.9 Å². The molecule has 4 rings (SSSR count). The molecule has 3 aromatic rings. The van der Waals surface area contributed by atoms with Gasteiger partial charge >= 0.3 is 6.09 Å². The van der Waals surface area contributed by atoms with Crippen LogP contribution in [0, 0.1) is 0 Å². The van der Waals surface area contributed by atoms with Gasteiger partial charge < -0.3 is 15.0 Å². The molecule has 1 saturated heterocycles. The zero-order valence-corrected chi connectivity index (χ0v) is 14.4. The first-order valence-corrected chi connectivity index (χ1v) is 8.49. The van der Waals surface area contributed by atoms with Gasteiger partial charge in [-0.3, -0.25) is 4.79 Å². The van der Waals surface area contributed by atoms with Crippen LogP contribution >= 0.6 is 0 Å². The lowest BCUT2D eigenvalue weighted by atomic mass is 10.2. The van der Waals surface area contributed by atoms with Crippen LogP contribution in [-0.4, -0.2) is 45.0 Å². The molecule has 1 aromatic heterocycles. The first-order valence-electron chi connectivity index (χ1n) is 8.49. The van der Waals surface area contributed by atoms with Gasteiger partial charge in [-0.1, -0.05) is 35.5 Å². The van der Waals surface area contributed by atoms with Gasteiger partial charge in [-0.15, -0.1) is 5.10 Å². The van der Waals surface area contributed by atoms with Crippen molar-refractivity contribution < 1.29 is 14.3 Å². The molecule has 1 N–H and O–H groups in total. The number of hydrogen-bond acceptors (Lipinski definition) is 5. The third kappa shape index (κ3) is 3.79. The summed E-state index contributed by atoms with van der Waals surface area (Å²) in [5.41, 5.74) is 2.65. The summed E-state index contributed by atoms with van der Waals surface area (Å²) in [5.74, 6) is -0.340. The number of aromatic nitrogens is 3. The van der Waals surface area contributed by atoms with Crippen molar-refractivity contribution >= 4 is 17.7 Å². The van der Waals surface area contributed by atoms with Crippen LogP contribution in [0.2, 0.25) is 0 Å². The van der Waals surface area contributed by atoms with E-state index in [-0.39, 0.29) is 17.7 Å². The lowest BCUT2D eigenvalue weighted by Gasteiger charge is -2.12. The molecule has 2 heterocycles. The van der Waals surface area contributed by atoms with Gasteiger partial charge in [0.1, 0.15) is 6.61 Å². The Labute approximate surface area is 155 Å². The lowest BCUT2D eigenvalue weighted by Crippen LogP contribution is -2.23. The van der Waals surface area contributed by atoms with Gasteiger partial charge in [0.2, 0.25) is 0 Å². The van der Waals surface area contributed by atoms with Crippen LogP contribution in [0.4, 0.5) is 10.5 Å². The number of nitrogens with zero attached hydrogens (tertiary/aromatic N) is 4. The Balaban J connectivity index is 1.39. The molecule has 8 nitrogen and oxygen atoms in total. The van der Waals surface area contributed by atoms with Crippen LogP contribution in [0.25, 0.3) is 5.69 Å². The fourth-order valence-electron chi connectivity index (χ4n) is 2.75. The van der Waals surface area contributed by atoms with Crippen molar-refractivity contribution in [3.05, 3.63) is 72.1 Å². The molecule has 0 atom stereocenters. The van der Waals surface area contributed by atoms with Crippen LogP contribution in [-0.2, 0) is 11.3 Å². The Morgan fingerprint density at radius 3 is 2.59 bits per heavy atom. The van der Waals surface area contributed by atoms with Gasteiger partial charge in [0.25, 0.3) is 5.91 Å². The Bertz CT molecular complexity index is 953. The smallest absolute Gasteiger partial charge is 0.410 e. The van der Waals surface area contributed by atoms with Crippen molar-refractivity contribution in [2.75, 3.05) is 18.5 Å². The second-order valence-electron chi connectivity index (χ2n) is 6.07. The van der Waals surface area contributed by atoms with E-state index < -0.39 is 0 Å². The number of carbonyl (C=O) groups excluding carboxylic acids is 2. The van der Waals surface area contributed by atoms with Gasteiger partial charge in [0.15, 0.2) is 5.69 Å². The number of nitrogens with one attached hydrogen (secondary N) is 1. The quantitative estimate of drug-likeness (QED) is 0.752. The van der Waals surface area contributed by atoms with Crippen molar-refractivity contribution in [3.8, 4) is 5.69 Å². The van der Waals surface area contributed by atoms with Gasteiger partial charge in [-0.2, -0.15) is 0 Å². The second kappa shape index (κ2) is 7.28. The normalized spacial score (nSPS) is 13.5. The van der Waals surface area contributed by atoms with E-state index in [0.717, 1.165) is 11.3 Å². The molecule has 1 aliphatic heterocycles. The van der Waals surface area contributed by atoms with Crippen molar-refractivity contribution in [3.63, 3.8) is 0 Å². The Hall–Kier alpha value is -3.68. The molecule has 8 heteroatoms. The lowest BCUT2D eigenvalue weighted by molar-refractivity contribution is 0.102. The fraction of sp³-hybridized carbons (Fsp3) is 0.158. The summed E-state index contributed by atoms with van der Waals surface area (Å²) in [4.78, 5) is 25.5. The molecule has 27 heavy (non-hydrogen) atoms. The summed E-state index contributed by atoms with van der Waals surface area (Å²) in [6, 6.07) is 16.7. The predicted octanol–water partition coefficient (Wildman–Crippen LogP) is 2.47. The fourth-order valence-corrected chi connectivity index (χ4v) is 2.75. The third-order valence-corrected chi connectivity index (χ3v) is 4.18. The van der Waals surface area contributed by atoms with Crippen LogP contribution in [0.3, 0.4) is 0 Å². The van der Waals surface area contributed by atoms with Gasteiger partial charge in [-0.05, 0) is 29.8 Å². The first-order chi connectivity index (χ1) is 13.2. The summed E-state index contributed by atoms with van der Waals surface area (Å²) in [6.07, 6.45) is 1.28. The van der Waals surface area contributed by atoms with Crippen LogP contribution in [0.5, 0.6) is 0 Å². The summed E-state index contributed by atoms with van der Waals surface area (Å²) >= 11 is 0. The molecule has 2 amide bonds. The van der Waals surface area contributed by atoms with E-state index in [9.17, 15) is 9.59 Å². The molecule has 0 radical (unpaired) electrons. The Kier molecular flexibility index (Phi) is 4.52. The molecule has 1 aliphatic rings. The number of para-hydroxylation sites is 1. The minimum Gasteiger partial charge on any atom is -0.448 e. The van der Waals surface area contributed by atoms with Gasteiger partial charge in [0, 0.05) is 12.2 Å². The van der Waals surface area contributed by atoms with E-state index in [4.69, 9.17) is 4.74 Å². The van der Waals surface area contributed by atoms with Crippen LogP contribution in [0.1, 0.15) is 16.1 Å². The average Bonchev–Trinajstić information content (AvgIpc) is 3.34. The highest BCUT2D eigenvalue weighted by Crippen LogP contribution is 2.15. The molecule has 0 spiro atoms. The molecular formula is C19H17N5O3. The molecule has 2 aromatic carbocycles. The Morgan fingerprint density at radius 1 is 1.11 bits per heavy atom. The number of carbonyl (C=O) groups is 2. The summed E-state index contributed by atoms with van der Waals surface area (Å²) in [6.45, 7) is 1.50. The minimum absolute atomic E-state index is 0.225. The zero-order chi connectivity index (χ0) is 18.6. The molecular weight excluding hydrogens is 346 g/mol. The van der Waals surface area contributed by atoms with E-state index in [0.29, 0.717) is 25.4 Å². The van der Waals surface area contributed by atoms with Crippen LogP contribution < -0.4 is 5.32 Å². The number of ether oxygens (including phenoxy) is 1. The first kappa shape index (κ1) is 16.8. The number of benzene rings is 2. The van der Waals surface area contributed by atoms with E-state index in [1.807, 2.05) is 42.5 Å². The molecule has 0 bridgehead atoms. The second-order valence-corrected chi connectivity index (χ2v) is 6.07. The number of cyclic esters (lactones) is 1. The van der Waals surface area contributed by atoms with Crippen LogP contribution in [0.15, 0.2) is 60.8 Å². The minimum atomic E-state index is -0.340. The highest BCUT2D eigenvalue weighted by molar-refractivity contribution is 6.02. The van der Waals surface area contributed by atoms with Gasteiger partial charge in [-0.25, -0.2) is 9.48 Å². The van der Waals surface area contributed by atoms with E-state index in [1.165, 1.54) is 0 Å². The summed E-state index contributed by atoms with van der Waals surface area (Å²) < 4.78 is 6.46. The van der Waals surface area contributed by atoms with E-state index in [2.05, 4.69) is 15.6 Å². The number of rotatable bonds is 5. The summed E-state index contributed by atoms with van der Waals surface area (Å²) in [7, 11) is 0. The zero-order valence-electron chi connectivity index (χ0n) is 14.4. The maximum absolute atomic E-state index is 12.4. The largest absolute Gasteiger partial charge is 0.448 e. The number of anilines is 1. The van der Waals surface area contributed by atoms with Crippen molar-refractivity contribution in [2.24, 2.45) is 0 Å². The predicted molar refractivity (Wildman–Crippen MR) is 97.5 cm³/mol. The topological polar surface area (TPSA) is 89.4 Å². The highest BCUT2D eigenvalue weighted by atomic mass is 16.6. The summed E-state index contributed by atoms with van der Waals surface area (Å²) in [5, 5.41) is 10.7. The molecule has 0 unspecified atom stereocenters. The van der Waals surface area contributed by atoms with Crippen molar-refractivity contribution in [1.29, 1.82) is 0 Å². The Morgan fingerprint density at radius 2 is 1.89 bits per heavy atom. The van der Waals surface area contributed by atoms with Gasteiger partial charge in [0.05, 0.1) is 18.4 Å². The monoisotopic (exact) mass is 363 g/mol.